The molecule has 2 heterocycles. The summed E-state index contributed by atoms with van der Waals surface area (Å²) in [6, 6.07) is 23.1. The predicted octanol–water partition coefficient (Wildman–Crippen LogP) is 4.20. The van der Waals surface area contributed by atoms with Gasteiger partial charge in [-0.1, -0.05) is 83.1 Å². The molecule has 0 unspecified atom stereocenters. The largest absolute Gasteiger partial charge is 0.339 e. The molecule has 0 radical (unpaired) electrons. The molecule has 0 atom stereocenters. The maximum absolute atomic E-state index is 13.6. The van der Waals surface area contributed by atoms with E-state index in [2.05, 4.69) is 41.5 Å². The molecule has 0 spiro atoms. The highest BCUT2D eigenvalue weighted by Crippen LogP contribution is 2.25. The van der Waals surface area contributed by atoms with Gasteiger partial charge in [-0.2, -0.15) is 9.97 Å². The first kappa shape index (κ1) is 38.4. The van der Waals surface area contributed by atoms with Crippen molar-refractivity contribution < 1.29 is 28.2 Å². The number of hydrogen-bond donors (Lipinski definition) is 8. The van der Waals surface area contributed by atoms with Gasteiger partial charge in [0, 0.05) is 70.8 Å². The van der Waals surface area contributed by atoms with Crippen molar-refractivity contribution in [2.45, 2.75) is 20.8 Å². The third-order valence-electron chi connectivity index (χ3n) is 8.06. The van der Waals surface area contributed by atoms with E-state index >= 15 is 0 Å². The van der Waals surface area contributed by atoms with Gasteiger partial charge in [0.15, 0.2) is 0 Å². The molecule has 18 nitrogen and oxygen atoms in total. The lowest BCUT2D eigenvalue weighted by molar-refractivity contribution is -0.118. The third kappa shape index (κ3) is 9.27. The van der Waals surface area contributed by atoms with Crippen molar-refractivity contribution in [2.24, 2.45) is 0 Å². The lowest BCUT2D eigenvalue weighted by Crippen LogP contribution is -2.32. The minimum Gasteiger partial charge on any atom is -0.339 e. The van der Waals surface area contributed by atoms with Crippen molar-refractivity contribution in [3.8, 4) is 34.2 Å². The van der Waals surface area contributed by atoms with Gasteiger partial charge < -0.3 is 30.3 Å². The molecule has 8 N–H and O–H groups in total. The standard InChI is InChI=1S/C39H32N12O6/c1-19(52)44-31(40)22-4-6-24(7-5-22)33(42)47-37(54)28-16-29(38(55)48-34(43)25-10-12-26(13-11-25)35-46-21(3)56-50-35)18-30(17-28)39-49-36(51-57-39)27-14-8-23(9-15-27)32(41)45-20(2)53/h4-18H,1-3H3,(H2,40,44,52)(H2,41,45,53)(H2,42,47,54)(H2,43,48,55). The van der Waals surface area contributed by atoms with E-state index in [1.807, 2.05) is 0 Å². The van der Waals surface area contributed by atoms with Gasteiger partial charge in [0.1, 0.15) is 23.3 Å². The number of benzene rings is 4. The highest BCUT2D eigenvalue weighted by molar-refractivity contribution is 6.15. The topological polar surface area (TPSA) is 290 Å². The quantitative estimate of drug-likeness (QED) is 0.0767. The molecule has 6 rings (SSSR count). The smallest absolute Gasteiger partial charge is 0.258 e. The van der Waals surface area contributed by atoms with E-state index in [1.54, 1.807) is 55.5 Å². The van der Waals surface area contributed by atoms with E-state index < -0.39 is 17.7 Å². The summed E-state index contributed by atoms with van der Waals surface area (Å²) in [5.41, 5.74) is 2.72. The molecule has 0 saturated heterocycles. The second kappa shape index (κ2) is 16.4. The summed E-state index contributed by atoms with van der Waals surface area (Å²) in [5.74, 6) is -2.16. The molecule has 57 heavy (non-hydrogen) atoms. The summed E-state index contributed by atoms with van der Waals surface area (Å²) in [7, 11) is 0. The summed E-state index contributed by atoms with van der Waals surface area (Å²) < 4.78 is 10.6. The zero-order chi connectivity index (χ0) is 40.8. The molecule has 4 aromatic carbocycles. The molecule has 0 aliphatic heterocycles. The summed E-state index contributed by atoms with van der Waals surface area (Å²) in [5, 5.41) is 50.9. The van der Waals surface area contributed by atoms with Crippen LogP contribution in [0.1, 0.15) is 62.7 Å². The molecule has 0 aliphatic carbocycles. The molecule has 2 aromatic heterocycles. The van der Waals surface area contributed by atoms with Crippen LogP contribution in [0.25, 0.3) is 34.2 Å². The van der Waals surface area contributed by atoms with Crippen LogP contribution in [-0.4, -0.2) is 67.3 Å². The van der Waals surface area contributed by atoms with Gasteiger partial charge in [0.05, 0.1) is 0 Å². The summed E-state index contributed by atoms with van der Waals surface area (Å²) in [4.78, 5) is 58.6. The lowest BCUT2D eigenvalue weighted by atomic mass is 10.0. The number of carbonyl (C=O) groups excluding carboxylic acids is 4. The zero-order valence-electron chi connectivity index (χ0n) is 30.4. The number of rotatable bonds is 9. The van der Waals surface area contributed by atoms with E-state index in [4.69, 9.17) is 30.7 Å². The van der Waals surface area contributed by atoms with Crippen molar-refractivity contribution >= 4 is 47.0 Å². The van der Waals surface area contributed by atoms with Crippen LogP contribution in [0.2, 0.25) is 0 Å². The average molecular weight is 765 g/mol. The highest BCUT2D eigenvalue weighted by Gasteiger charge is 2.20. The Morgan fingerprint density at radius 2 is 0.842 bits per heavy atom. The van der Waals surface area contributed by atoms with Gasteiger partial charge in [-0.25, -0.2) is 0 Å². The molecule has 18 heteroatoms. The Morgan fingerprint density at radius 1 is 0.474 bits per heavy atom. The Hall–Kier alpha value is -8.28. The maximum atomic E-state index is 13.6. The third-order valence-corrected chi connectivity index (χ3v) is 8.06. The Morgan fingerprint density at radius 3 is 1.23 bits per heavy atom. The van der Waals surface area contributed by atoms with Crippen LogP contribution in [-0.2, 0) is 9.59 Å². The Kier molecular flexibility index (Phi) is 11.1. The fourth-order valence-corrected chi connectivity index (χ4v) is 5.28. The Labute approximate surface area is 323 Å². The van der Waals surface area contributed by atoms with E-state index in [-0.39, 0.29) is 57.7 Å². The van der Waals surface area contributed by atoms with Crippen molar-refractivity contribution in [1.82, 2.24) is 41.5 Å². The van der Waals surface area contributed by atoms with Crippen LogP contribution < -0.4 is 21.3 Å². The summed E-state index contributed by atoms with van der Waals surface area (Å²) >= 11 is 0. The molecule has 284 valence electrons. The first-order valence-corrected chi connectivity index (χ1v) is 16.9. The van der Waals surface area contributed by atoms with Crippen LogP contribution in [0.3, 0.4) is 0 Å². The van der Waals surface area contributed by atoms with E-state index in [0.29, 0.717) is 45.1 Å². The average Bonchev–Trinajstić information content (AvgIpc) is 3.87. The lowest BCUT2D eigenvalue weighted by Gasteiger charge is -2.12. The number of aromatic nitrogens is 4. The second-order valence-corrected chi connectivity index (χ2v) is 12.4. The normalized spacial score (nSPS) is 10.6. The van der Waals surface area contributed by atoms with Crippen LogP contribution in [0.15, 0.2) is 100 Å². The Balaban J connectivity index is 1.26. The molecule has 0 saturated carbocycles. The molecular weight excluding hydrogens is 733 g/mol. The Bertz CT molecular complexity index is 2590. The molecule has 0 bridgehead atoms. The van der Waals surface area contributed by atoms with Crippen LogP contribution in [0.5, 0.6) is 0 Å². The van der Waals surface area contributed by atoms with Crippen molar-refractivity contribution in [2.75, 3.05) is 0 Å². The first-order valence-electron chi connectivity index (χ1n) is 16.9. The van der Waals surface area contributed by atoms with Crippen LogP contribution in [0, 0.1) is 28.6 Å². The van der Waals surface area contributed by atoms with Crippen molar-refractivity contribution in [1.29, 1.82) is 21.6 Å². The minimum atomic E-state index is -0.759. The summed E-state index contributed by atoms with van der Waals surface area (Å²) in [6.07, 6.45) is 0. The molecule has 0 fully saturated rings. The maximum Gasteiger partial charge on any atom is 0.258 e. The molecule has 6 aromatic rings. The molecule has 4 amide bonds. The van der Waals surface area contributed by atoms with Gasteiger partial charge in [-0.3, -0.25) is 40.8 Å². The first-order chi connectivity index (χ1) is 27.2. The minimum absolute atomic E-state index is 0.0470. The number of aryl methyl sites for hydroxylation is 1. The molecular formula is C39H32N12O6. The number of amidine groups is 4. The van der Waals surface area contributed by atoms with E-state index in [1.165, 1.54) is 56.3 Å². The fraction of sp³-hybridized carbons (Fsp3) is 0.0769. The van der Waals surface area contributed by atoms with Crippen LogP contribution in [0.4, 0.5) is 0 Å². The van der Waals surface area contributed by atoms with Gasteiger partial charge >= 0.3 is 0 Å². The number of nitrogens with one attached hydrogen (secondary N) is 8. The number of hydrogen-bond acceptors (Lipinski definition) is 14. The van der Waals surface area contributed by atoms with E-state index in [9.17, 15) is 19.2 Å². The zero-order valence-corrected chi connectivity index (χ0v) is 30.4. The van der Waals surface area contributed by atoms with Crippen molar-refractivity contribution in [3.63, 3.8) is 0 Å². The van der Waals surface area contributed by atoms with Gasteiger partial charge in [0.25, 0.3) is 17.7 Å². The van der Waals surface area contributed by atoms with E-state index in [0.717, 1.165) is 0 Å². The fourth-order valence-electron chi connectivity index (χ4n) is 5.28. The van der Waals surface area contributed by atoms with Gasteiger partial charge in [0.2, 0.25) is 29.4 Å². The predicted molar refractivity (Wildman–Crippen MR) is 206 cm³/mol. The molecule has 0 aliphatic rings. The summed E-state index contributed by atoms with van der Waals surface area (Å²) in [6.45, 7) is 4.25. The monoisotopic (exact) mass is 764 g/mol. The second-order valence-electron chi connectivity index (χ2n) is 12.4. The van der Waals surface area contributed by atoms with Gasteiger partial charge in [-0.05, 0) is 18.2 Å². The highest BCUT2D eigenvalue weighted by atomic mass is 16.5. The number of carbonyl (C=O) groups is 4. The van der Waals surface area contributed by atoms with Gasteiger partial charge in [-0.15, -0.1) is 0 Å². The number of nitrogens with zero attached hydrogens (tertiary/aromatic N) is 4. The SMILES string of the molecule is CC(=O)NC(=N)c1ccc(C(=N)NC(=O)c2cc(C(=O)NC(=N)c3ccc(-c4noc(C)n4)cc3)cc(-c3nc(-c4ccc(C(=N)NC(C)=O)cc4)no3)c2)cc1. The number of amides is 4. The van der Waals surface area contributed by atoms with Crippen LogP contribution >= 0.6 is 0 Å². The van der Waals surface area contributed by atoms with Crippen molar-refractivity contribution in [3.05, 3.63) is 130 Å².